The van der Waals surface area contributed by atoms with Crippen LogP contribution in [-0.4, -0.2) is 24.7 Å². The van der Waals surface area contributed by atoms with E-state index in [2.05, 4.69) is 25.9 Å². The molecule has 1 aromatic heterocycles. The van der Waals surface area contributed by atoms with Crippen molar-refractivity contribution in [1.29, 1.82) is 0 Å². The third-order valence-electron chi connectivity index (χ3n) is 4.81. The second kappa shape index (κ2) is 7.93. The number of hydrogen-bond donors (Lipinski definition) is 1. The molecule has 1 N–H and O–H groups in total. The minimum Gasteiger partial charge on any atom is -0.341 e. The summed E-state index contributed by atoms with van der Waals surface area (Å²) in [6.07, 6.45) is 0.684. The molecule has 0 saturated heterocycles. The molecule has 0 radical (unpaired) electrons. The maximum Gasteiger partial charge on any atom is 0.189 e. The number of carbonyl (C=O) groups excluding carboxylic acids is 1. The molecule has 0 spiro atoms. The van der Waals surface area contributed by atoms with Crippen LogP contribution in [0.1, 0.15) is 22.6 Å². The molecule has 0 aliphatic carbocycles. The maximum atomic E-state index is 13.7. The first kappa shape index (κ1) is 19.5. The summed E-state index contributed by atoms with van der Waals surface area (Å²) in [5.74, 6) is -0.666. The van der Waals surface area contributed by atoms with Crippen LogP contribution in [0.25, 0.3) is 11.0 Å². The Morgan fingerprint density at radius 3 is 2.21 bits per heavy atom. The van der Waals surface area contributed by atoms with Crippen LogP contribution in [0.15, 0.2) is 88.2 Å². The van der Waals surface area contributed by atoms with Gasteiger partial charge in [-0.15, -0.1) is 0 Å². The Morgan fingerprint density at radius 2 is 1.55 bits per heavy atom. The first-order chi connectivity index (χ1) is 14.0. The Bertz CT molecular complexity index is 1220. The van der Waals surface area contributed by atoms with Gasteiger partial charge in [0.1, 0.15) is 17.4 Å². The third kappa shape index (κ3) is 3.75. The van der Waals surface area contributed by atoms with Crippen LogP contribution in [0.5, 0.6) is 0 Å². The number of rotatable bonds is 6. The fourth-order valence-electron chi connectivity index (χ4n) is 3.39. The summed E-state index contributed by atoms with van der Waals surface area (Å²) in [4.78, 5) is 19.9. The SMILES string of the molecule is O=CC(c1ccccc1)C(c1nc2ccccc2[nH]1)S(=O)(=O)c1ccc(Br)cc1. The Morgan fingerprint density at radius 1 is 0.897 bits per heavy atom. The van der Waals surface area contributed by atoms with E-state index in [0.29, 0.717) is 17.4 Å². The van der Waals surface area contributed by atoms with E-state index < -0.39 is 21.0 Å². The Kier molecular flexibility index (Phi) is 5.34. The van der Waals surface area contributed by atoms with Crippen molar-refractivity contribution >= 4 is 43.1 Å². The van der Waals surface area contributed by atoms with Gasteiger partial charge >= 0.3 is 0 Å². The molecule has 0 saturated carbocycles. The number of aldehydes is 1. The molecule has 3 aromatic carbocycles. The molecule has 0 fully saturated rings. The average Bonchev–Trinajstić information content (AvgIpc) is 3.16. The molecule has 0 aliphatic heterocycles. The monoisotopic (exact) mass is 468 g/mol. The predicted octanol–water partition coefficient (Wildman–Crippen LogP) is 4.82. The number of aromatic nitrogens is 2. The number of nitrogens with zero attached hydrogens (tertiary/aromatic N) is 1. The van der Waals surface area contributed by atoms with Crippen LogP contribution in [0.4, 0.5) is 0 Å². The van der Waals surface area contributed by atoms with Crippen molar-refractivity contribution < 1.29 is 13.2 Å². The molecule has 29 heavy (non-hydrogen) atoms. The van der Waals surface area contributed by atoms with Gasteiger partial charge in [0.25, 0.3) is 0 Å². The Balaban J connectivity index is 1.93. The third-order valence-corrected chi connectivity index (χ3v) is 7.45. The maximum absolute atomic E-state index is 13.7. The average molecular weight is 469 g/mol. The van der Waals surface area contributed by atoms with Crippen LogP contribution in [0.3, 0.4) is 0 Å². The van der Waals surface area contributed by atoms with Crippen LogP contribution in [-0.2, 0) is 14.6 Å². The van der Waals surface area contributed by atoms with Gasteiger partial charge in [-0.05, 0) is 42.0 Å². The molecule has 7 heteroatoms. The van der Waals surface area contributed by atoms with E-state index in [-0.39, 0.29) is 10.7 Å². The summed E-state index contributed by atoms with van der Waals surface area (Å²) in [6, 6.07) is 22.6. The van der Waals surface area contributed by atoms with Crippen molar-refractivity contribution in [2.45, 2.75) is 16.1 Å². The largest absolute Gasteiger partial charge is 0.341 e. The van der Waals surface area contributed by atoms with E-state index in [4.69, 9.17) is 0 Å². The smallest absolute Gasteiger partial charge is 0.189 e. The topological polar surface area (TPSA) is 79.9 Å². The van der Waals surface area contributed by atoms with Crippen LogP contribution in [0.2, 0.25) is 0 Å². The number of fused-ring (bicyclic) bond motifs is 1. The van der Waals surface area contributed by atoms with Gasteiger partial charge in [0, 0.05) is 4.47 Å². The van der Waals surface area contributed by atoms with Crippen LogP contribution < -0.4 is 0 Å². The number of hydrogen-bond acceptors (Lipinski definition) is 4. The lowest BCUT2D eigenvalue weighted by molar-refractivity contribution is -0.109. The zero-order chi connectivity index (χ0) is 20.4. The van der Waals surface area contributed by atoms with E-state index >= 15 is 0 Å². The van der Waals surface area contributed by atoms with Crippen LogP contribution >= 0.6 is 15.9 Å². The number of nitrogens with one attached hydrogen (secondary N) is 1. The van der Waals surface area contributed by atoms with Crippen molar-refractivity contribution in [2.75, 3.05) is 0 Å². The van der Waals surface area contributed by atoms with E-state index in [1.807, 2.05) is 24.3 Å². The second-order valence-corrected chi connectivity index (χ2v) is 9.62. The van der Waals surface area contributed by atoms with Gasteiger partial charge in [0.2, 0.25) is 0 Å². The quantitative estimate of drug-likeness (QED) is 0.411. The minimum atomic E-state index is -3.92. The molecule has 5 nitrogen and oxygen atoms in total. The molecule has 0 aliphatic rings. The molecular weight excluding hydrogens is 452 g/mol. The first-order valence-electron chi connectivity index (χ1n) is 8.95. The number of sulfone groups is 1. The fraction of sp³-hybridized carbons (Fsp3) is 0.0909. The molecule has 1 heterocycles. The molecule has 146 valence electrons. The minimum absolute atomic E-state index is 0.133. The lowest BCUT2D eigenvalue weighted by Crippen LogP contribution is -2.23. The van der Waals surface area contributed by atoms with Gasteiger partial charge in [0.05, 0.1) is 21.8 Å². The summed E-state index contributed by atoms with van der Waals surface area (Å²) in [6.45, 7) is 0. The number of para-hydroxylation sites is 2. The van der Waals surface area contributed by atoms with E-state index in [9.17, 15) is 13.2 Å². The number of aromatic amines is 1. The number of halogens is 1. The van der Waals surface area contributed by atoms with Crippen LogP contribution in [0, 0.1) is 0 Å². The second-order valence-electron chi connectivity index (χ2n) is 6.63. The summed E-state index contributed by atoms with van der Waals surface area (Å²) in [5.41, 5.74) is 1.99. The number of imidazole rings is 1. The van der Waals surface area contributed by atoms with Gasteiger partial charge in [0.15, 0.2) is 9.84 Å². The highest BCUT2D eigenvalue weighted by Gasteiger charge is 2.39. The van der Waals surface area contributed by atoms with Crippen molar-refractivity contribution in [1.82, 2.24) is 9.97 Å². The van der Waals surface area contributed by atoms with E-state index in [0.717, 1.165) is 9.99 Å². The number of carbonyl (C=O) groups is 1. The van der Waals surface area contributed by atoms with Crippen molar-refractivity contribution in [2.24, 2.45) is 0 Å². The standard InChI is InChI=1S/C22H17BrN2O3S/c23-16-10-12-17(13-11-16)29(27,28)21(18(14-26)15-6-2-1-3-7-15)22-24-19-8-4-5-9-20(19)25-22/h1-14,18,21H,(H,24,25). The number of H-pyrrole nitrogens is 1. The zero-order valence-corrected chi connectivity index (χ0v) is 17.6. The molecular formula is C22H17BrN2O3S. The fourth-order valence-corrected chi connectivity index (χ4v) is 5.47. The lowest BCUT2D eigenvalue weighted by atomic mass is 9.96. The van der Waals surface area contributed by atoms with E-state index in [1.165, 1.54) is 12.1 Å². The molecule has 2 atom stereocenters. The van der Waals surface area contributed by atoms with Crippen molar-refractivity contribution in [3.8, 4) is 0 Å². The predicted molar refractivity (Wildman–Crippen MR) is 115 cm³/mol. The summed E-state index contributed by atoms with van der Waals surface area (Å²) in [7, 11) is -3.92. The van der Waals surface area contributed by atoms with E-state index in [1.54, 1.807) is 42.5 Å². The summed E-state index contributed by atoms with van der Waals surface area (Å²) < 4.78 is 28.1. The van der Waals surface area contributed by atoms with Gasteiger partial charge in [-0.25, -0.2) is 13.4 Å². The molecule has 0 bridgehead atoms. The molecule has 4 rings (SSSR count). The zero-order valence-electron chi connectivity index (χ0n) is 15.2. The van der Waals surface area contributed by atoms with Crippen molar-refractivity contribution in [3.05, 3.63) is 94.7 Å². The first-order valence-corrected chi connectivity index (χ1v) is 11.3. The summed E-state index contributed by atoms with van der Waals surface area (Å²) in [5, 5.41) is -1.18. The molecule has 0 amide bonds. The molecule has 4 aromatic rings. The van der Waals surface area contributed by atoms with Gasteiger partial charge in [-0.3, -0.25) is 0 Å². The normalized spacial score (nSPS) is 13.8. The van der Waals surface area contributed by atoms with Crippen molar-refractivity contribution in [3.63, 3.8) is 0 Å². The highest BCUT2D eigenvalue weighted by molar-refractivity contribution is 9.10. The molecule has 2 unspecified atom stereocenters. The number of benzene rings is 3. The Hall–Kier alpha value is -2.77. The van der Waals surface area contributed by atoms with Gasteiger partial charge in [-0.2, -0.15) is 0 Å². The summed E-state index contributed by atoms with van der Waals surface area (Å²) >= 11 is 3.33. The highest BCUT2D eigenvalue weighted by Crippen LogP contribution is 2.39. The van der Waals surface area contributed by atoms with Gasteiger partial charge in [-0.1, -0.05) is 58.4 Å². The van der Waals surface area contributed by atoms with Gasteiger partial charge < -0.3 is 9.78 Å². The highest BCUT2D eigenvalue weighted by atomic mass is 79.9. The lowest BCUT2D eigenvalue weighted by Gasteiger charge is -2.22. The Labute approximate surface area is 176 Å².